The predicted molar refractivity (Wildman–Crippen MR) is 113 cm³/mol. The van der Waals surface area contributed by atoms with Gasteiger partial charge in [0.05, 0.1) is 12.0 Å². The van der Waals surface area contributed by atoms with E-state index in [0.717, 1.165) is 21.4 Å². The quantitative estimate of drug-likeness (QED) is 0.201. The molecule has 28 heavy (non-hydrogen) atoms. The number of ether oxygens (including phenoxy) is 1. The van der Waals surface area contributed by atoms with Crippen LogP contribution in [0.3, 0.4) is 0 Å². The molecule has 0 fully saturated rings. The number of benzene rings is 2. The third-order valence-corrected chi connectivity index (χ3v) is 5.51. The molecule has 0 unspecified atom stereocenters. The number of non-ortho nitro benzene ring substituents is 1. The van der Waals surface area contributed by atoms with Gasteiger partial charge in [0.1, 0.15) is 5.75 Å². The van der Waals surface area contributed by atoms with Crippen LogP contribution in [0.25, 0.3) is 11.4 Å². The Balaban J connectivity index is 1.89. The third kappa shape index (κ3) is 4.42. The second-order valence-electron chi connectivity index (χ2n) is 5.75. The maximum Gasteiger partial charge on any atom is 0.270 e. The van der Waals surface area contributed by atoms with E-state index in [1.54, 1.807) is 19.3 Å². The average molecular weight is 461 g/mol. The topological polar surface area (TPSA) is 83.1 Å². The summed E-state index contributed by atoms with van der Waals surface area (Å²) < 4.78 is 8.28. The largest absolute Gasteiger partial charge is 0.496 e. The highest BCUT2D eigenvalue weighted by atomic mass is 79.9. The molecular formula is C19H17BrN4O3S. The maximum atomic E-state index is 11.1. The van der Waals surface area contributed by atoms with Crippen LogP contribution in [-0.4, -0.2) is 26.8 Å². The van der Waals surface area contributed by atoms with Crippen molar-refractivity contribution in [3.8, 4) is 17.1 Å². The number of nitrogens with zero attached hydrogens (tertiary/aromatic N) is 4. The number of aromatic nitrogens is 3. The van der Waals surface area contributed by atoms with Crippen LogP contribution < -0.4 is 4.74 Å². The van der Waals surface area contributed by atoms with Gasteiger partial charge in [-0.25, -0.2) is 0 Å². The fourth-order valence-electron chi connectivity index (χ4n) is 2.64. The Hall–Kier alpha value is -2.65. The van der Waals surface area contributed by atoms with Crippen LogP contribution >= 0.6 is 27.7 Å². The van der Waals surface area contributed by atoms with Gasteiger partial charge in [-0.2, -0.15) is 0 Å². The van der Waals surface area contributed by atoms with Gasteiger partial charge in [0.15, 0.2) is 11.0 Å². The Morgan fingerprint density at radius 2 is 2.04 bits per heavy atom. The van der Waals surface area contributed by atoms with E-state index in [2.05, 4.69) is 32.7 Å². The molecule has 0 N–H and O–H groups in total. The first-order valence-electron chi connectivity index (χ1n) is 8.27. The van der Waals surface area contributed by atoms with Gasteiger partial charge in [-0.15, -0.1) is 16.8 Å². The Morgan fingerprint density at radius 1 is 1.29 bits per heavy atom. The molecule has 3 rings (SSSR count). The number of allylic oxidation sites excluding steroid dienone is 1. The number of rotatable bonds is 8. The number of nitro benzene ring substituents is 1. The molecule has 0 atom stereocenters. The molecule has 0 aliphatic carbocycles. The number of nitro groups is 1. The Bertz CT molecular complexity index is 1000. The van der Waals surface area contributed by atoms with Gasteiger partial charge in [-0.05, 0) is 18.2 Å². The molecule has 0 bridgehead atoms. The summed E-state index contributed by atoms with van der Waals surface area (Å²) in [5, 5.41) is 20.4. The summed E-state index contributed by atoms with van der Waals surface area (Å²) in [6.07, 6.45) is 1.78. The minimum absolute atomic E-state index is 0.0273. The Kier molecular flexibility index (Phi) is 6.48. The Morgan fingerprint density at radius 3 is 2.68 bits per heavy atom. The van der Waals surface area contributed by atoms with Gasteiger partial charge in [0, 0.05) is 40.0 Å². The van der Waals surface area contributed by atoms with Crippen LogP contribution in [0.4, 0.5) is 5.69 Å². The van der Waals surface area contributed by atoms with Gasteiger partial charge in [0.25, 0.3) is 5.69 Å². The van der Waals surface area contributed by atoms with Crippen LogP contribution in [0.2, 0.25) is 0 Å². The number of methoxy groups -OCH3 is 1. The molecule has 9 heteroatoms. The van der Waals surface area contributed by atoms with Crippen molar-refractivity contribution in [3.63, 3.8) is 0 Å². The van der Waals surface area contributed by atoms with Crippen LogP contribution in [0, 0.1) is 10.1 Å². The standard InChI is InChI=1S/C19H17BrN4O3S/c1-3-10-23-18(13-4-6-15(20)7-5-13)21-22-19(23)28-12-14-11-16(24(25)26)8-9-17(14)27-2/h3-9,11H,1,10,12H2,2H3. The van der Waals surface area contributed by atoms with Crippen LogP contribution in [0.1, 0.15) is 5.56 Å². The molecular weight excluding hydrogens is 444 g/mol. The number of hydrogen-bond acceptors (Lipinski definition) is 6. The highest BCUT2D eigenvalue weighted by molar-refractivity contribution is 9.10. The molecule has 0 amide bonds. The zero-order valence-corrected chi connectivity index (χ0v) is 17.4. The summed E-state index contributed by atoms with van der Waals surface area (Å²) in [5.74, 6) is 1.79. The molecule has 0 aliphatic heterocycles. The van der Waals surface area contributed by atoms with Gasteiger partial charge in [-0.1, -0.05) is 45.9 Å². The molecule has 0 aliphatic rings. The minimum Gasteiger partial charge on any atom is -0.496 e. The first-order chi connectivity index (χ1) is 13.5. The smallest absolute Gasteiger partial charge is 0.270 e. The van der Waals surface area contributed by atoms with Gasteiger partial charge < -0.3 is 4.74 Å². The number of thioether (sulfide) groups is 1. The van der Waals surface area contributed by atoms with E-state index < -0.39 is 4.92 Å². The molecule has 2 aromatic carbocycles. The molecule has 1 aromatic heterocycles. The SMILES string of the molecule is C=CCn1c(SCc2cc([N+](=O)[O-])ccc2OC)nnc1-c1ccc(Br)cc1. The number of halogens is 1. The van der Waals surface area contributed by atoms with Gasteiger partial charge in [0.2, 0.25) is 0 Å². The van der Waals surface area contributed by atoms with Crippen molar-refractivity contribution in [1.29, 1.82) is 0 Å². The fraction of sp³-hybridized carbons (Fsp3) is 0.158. The fourth-order valence-corrected chi connectivity index (χ4v) is 3.83. The van der Waals surface area contributed by atoms with Crippen LogP contribution in [-0.2, 0) is 12.3 Å². The zero-order valence-electron chi connectivity index (χ0n) is 15.0. The minimum atomic E-state index is -0.417. The van der Waals surface area contributed by atoms with Crippen molar-refractivity contribution < 1.29 is 9.66 Å². The lowest BCUT2D eigenvalue weighted by molar-refractivity contribution is -0.384. The molecule has 144 valence electrons. The lowest BCUT2D eigenvalue weighted by atomic mass is 10.2. The van der Waals surface area contributed by atoms with E-state index in [4.69, 9.17) is 4.74 Å². The first kappa shape index (κ1) is 20.1. The second kappa shape index (κ2) is 9.03. The highest BCUT2D eigenvalue weighted by Gasteiger charge is 2.16. The van der Waals surface area contributed by atoms with E-state index in [1.807, 2.05) is 28.8 Å². The summed E-state index contributed by atoms with van der Waals surface area (Å²) in [6.45, 7) is 4.36. The van der Waals surface area contributed by atoms with E-state index in [0.29, 0.717) is 23.2 Å². The molecule has 3 aromatic rings. The first-order valence-corrected chi connectivity index (χ1v) is 10.1. The van der Waals surface area contributed by atoms with E-state index >= 15 is 0 Å². The van der Waals surface area contributed by atoms with Crippen molar-refractivity contribution in [1.82, 2.24) is 14.8 Å². The average Bonchev–Trinajstić information content (AvgIpc) is 3.09. The number of hydrogen-bond donors (Lipinski definition) is 0. The van der Waals surface area contributed by atoms with Crippen molar-refractivity contribution in [2.45, 2.75) is 17.5 Å². The van der Waals surface area contributed by atoms with Gasteiger partial charge >= 0.3 is 0 Å². The Labute approximate surface area is 174 Å². The van der Waals surface area contributed by atoms with Crippen molar-refractivity contribution in [3.05, 3.63) is 75.3 Å². The third-order valence-electron chi connectivity index (χ3n) is 3.96. The molecule has 0 radical (unpaired) electrons. The predicted octanol–water partition coefficient (Wildman–Crippen LogP) is 5.10. The zero-order chi connectivity index (χ0) is 20.1. The molecule has 7 nitrogen and oxygen atoms in total. The monoisotopic (exact) mass is 460 g/mol. The van der Waals surface area contributed by atoms with Crippen LogP contribution in [0.15, 0.2) is 64.7 Å². The highest BCUT2D eigenvalue weighted by Crippen LogP contribution is 2.32. The summed E-state index contributed by atoms with van der Waals surface area (Å²) in [5.41, 5.74) is 1.69. The van der Waals surface area contributed by atoms with E-state index in [1.165, 1.54) is 23.9 Å². The molecule has 0 saturated heterocycles. The summed E-state index contributed by atoms with van der Waals surface area (Å²) in [7, 11) is 1.54. The summed E-state index contributed by atoms with van der Waals surface area (Å²) >= 11 is 4.87. The van der Waals surface area contributed by atoms with Crippen molar-refractivity contribution in [2.24, 2.45) is 0 Å². The molecule has 0 spiro atoms. The second-order valence-corrected chi connectivity index (χ2v) is 7.61. The normalized spacial score (nSPS) is 10.6. The summed E-state index contributed by atoms with van der Waals surface area (Å²) in [6, 6.07) is 12.4. The van der Waals surface area contributed by atoms with Gasteiger partial charge in [-0.3, -0.25) is 14.7 Å². The lowest BCUT2D eigenvalue weighted by Gasteiger charge is -2.10. The molecule has 0 saturated carbocycles. The van der Waals surface area contributed by atoms with Crippen molar-refractivity contribution in [2.75, 3.05) is 7.11 Å². The maximum absolute atomic E-state index is 11.1. The summed E-state index contributed by atoms with van der Waals surface area (Å²) in [4.78, 5) is 10.7. The van der Waals surface area contributed by atoms with Crippen LogP contribution in [0.5, 0.6) is 5.75 Å². The van der Waals surface area contributed by atoms with E-state index in [9.17, 15) is 10.1 Å². The van der Waals surface area contributed by atoms with E-state index in [-0.39, 0.29) is 5.69 Å². The lowest BCUT2D eigenvalue weighted by Crippen LogP contribution is -2.01. The van der Waals surface area contributed by atoms with Crippen molar-refractivity contribution >= 4 is 33.4 Å². The molecule has 1 heterocycles.